The highest BCUT2D eigenvalue weighted by Gasteiger charge is 2.36. The molecular formula is C29H33FN2O3S. The Morgan fingerprint density at radius 2 is 1.92 bits per heavy atom. The molecule has 0 bridgehead atoms. The summed E-state index contributed by atoms with van der Waals surface area (Å²) in [6.07, 6.45) is 0.770. The molecule has 1 aromatic heterocycles. The van der Waals surface area contributed by atoms with Crippen molar-refractivity contribution in [2.45, 2.75) is 52.6 Å². The van der Waals surface area contributed by atoms with Gasteiger partial charge in [0, 0.05) is 22.5 Å². The number of hydrogen-bond donors (Lipinski definition) is 0. The standard InChI is InChI=1S/C29H33FN2O3S/c1-19-9-10-25(20(2)15-19)35-18-24-23-12-14-36-26(23)11-13-31(24)27(33)17-32(29(3,4)5)28(34)21-7-6-8-22(30)16-21/h6-10,12,14-16,24H,11,13,17-18H2,1-5H3. The lowest BCUT2D eigenvalue weighted by atomic mass is 9.99. The highest BCUT2D eigenvalue weighted by Crippen LogP contribution is 2.35. The zero-order valence-electron chi connectivity index (χ0n) is 21.5. The van der Waals surface area contributed by atoms with Gasteiger partial charge in [-0.15, -0.1) is 11.3 Å². The predicted molar refractivity (Wildman–Crippen MR) is 141 cm³/mol. The van der Waals surface area contributed by atoms with Crippen LogP contribution in [0.1, 0.15) is 58.7 Å². The van der Waals surface area contributed by atoms with Crippen molar-refractivity contribution < 1.29 is 18.7 Å². The van der Waals surface area contributed by atoms with E-state index in [-0.39, 0.29) is 30.0 Å². The number of rotatable bonds is 6. The molecule has 0 fully saturated rings. The number of halogens is 1. The summed E-state index contributed by atoms with van der Waals surface area (Å²) in [7, 11) is 0. The summed E-state index contributed by atoms with van der Waals surface area (Å²) in [5.41, 5.74) is 2.91. The summed E-state index contributed by atoms with van der Waals surface area (Å²) in [6, 6.07) is 13.5. The van der Waals surface area contributed by atoms with Gasteiger partial charge < -0.3 is 14.5 Å². The highest BCUT2D eigenvalue weighted by atomic mass is 32.1. The number of ether oxygens (including phenoxy) is 1. The van der Waals surface area contributed by atoms with Crippen molar-refractivity contribution in [2.24, 2.45) is 0 Å². The van der Waals surface area contributed by atoms with Gasteiger partial charge in [0.1, 0.15) is 24.7 Å². The number of hydrogen-bond acceptors (Lipinski definition) is 4. The van der Waals surface area contributed by atoms with Crippen LogP contribution >= 0.6 is 11.3 Å². The molecule has 1 aliphatic heterocycles. The van der Waals surface area contributed by atoms with Crippen LogP contribution in [0, 0.1) is 19.7 Å². The molecule has 190 valence electrons. The molecular weight excluding hydrogens is 475 g/mol. The van der Waals surface area contributed by atoms with Crippen molar-refractivity contribution in [3.63, 3.8) is 0 Å². The van der Waals surface area contributed by atoms with Gasteiger partial charge in [0.15, 0.2) is 0 Å². The van der Waals surface area contributed by atoms with Crippen molar-refractivity contribution >= 4 is 23.2 Å². The number of thiophene rings is 1. The molecule has 0 saturated carbocycles. The second-order valence-electron chi connectivity index (χ2n) is 10.3. The first kappa shape index (κ1) is 25.9. The van der Waals surface area contributed by atoms with E-state index in [2.05, 4.69) is 17.5 Å². The molecule has 1 atom stereocenters. The average Bonchev–Trinajstić information content (AvgIpc) is 3.30. The smallest absolute Gasteiger partial charge is 0.254 e. The van der Waals surface area contributed by atoms with Crippen LogP contribution in [-0.2, 0) is 11.2 Å². The molecule has 2 heterocycles. The Labute approximate surface area is 216 Å². The Balaban J connectivity index is 1.57. The first-order chi connectivity index (χ1) is 17.0. The van der Waals surface area contributed by atoms with Gasteiger partial charge in [-0.2, -0.15) is 0 Å². The van der Waals surface area contributed by atoms with Crippen molar-refractivity contribution in [1.29, 1.82) is 0 Å². The zero-order chi connectivity index (χ0) is 26.0. The minimum atomic E-state index is -0.632. The van der Waals surface area contributed by atoms with E-state index >= 15 is 0 Å². The molecule has 7 heteroatoms. The lowest BCUT2D eigenvalue weighted by Gasteiger charge is -2.40. The fourth-order valence-corrected chi connectivity index (χ4v) is 5.55. The third-order valence-corrected chi connectivity index (χ3v) is 7.56. The van der Waals surface area contributed by atoms with E-state index < -0.39 is 11.4 Å². The number of fused-ring (bicyclic) bond motifs is 1. The van der Waals surface area contributed by atoms with Gasteiger partial charge in [0.25, 0.3) is 5.91 Å². The van der Waals surface area contributed by atoms with Crippen LogP contribution in [0.15, 0.2) is 53.9 Å². The van der Waals surface area contributed by atoms with Crippen LogP contribution < -0.4 is 4.74 Å². The molecule has 2 aromatic carbocycles. The maximum absolute atomic E-state index is 13.8. The number of aryl methyl sites for hydroxylation is 2. The Morgan fingerprint density at radius 1 is 1.14 bits per heavy atom. The second kappa shape index (κ2) is 10.4. The molecule has 36 heavy (non-hydrogen) atoms. The summed E-state index contributed by atoms with van der Waals surface area (Å²) in [4.78, 5) is 31.7. The SMILES string of the molecule is Cc1ccc(OCC2c3ccsc3CCN2C(=O)CN(C(=O)c2cccc(F)c2)C(C)(C)C)c(C)c1. The summed E-state index contributed by atoms with van der Waals surface area (Å²) in [5, 5.41) is 2.05. The monoisotopic (exact) mass is 508 g/mol. The van der Waals surface area contributed by atoms with Crippen LogP contribution in [0.3, 0.4) is 0 Å². The third kappa shape index (κ3) is 5.62. The quantitative estimate of drug-likeness (QED) is 0.413. The minimum Gasteiger partial charge on any atom is -0.491 e. The number of carbonyl (C=O) groups excluding carboxylic acids is 2. The molecule has 0 aliphatic carbocycles. The fourth-order valence-electron chi connectivity index (χ4n) is 4.62. The number of amides is 2. The molecule has 4 rings (SSSR count). The molecule has 1 aliphatic rings. The van der Waals surface area contributed by atoms with Gasteiger partial charge in [-0.3, -0.25) is 9.59 Å². The van der Waals surface area contributed by atoms with E-state index in [1.54, 1.807) is 17.4 Å². The van der Waals surface area contributed by atoms with Gasteiger partial charge >= 0.3 is 0 Å². The molecule has 3 aromatic rings. The van der Waals surface area contributed by atoms with Gasteiger partial charge in [0.2, 0.25) is 5.91 Å². The van der Waals surface area contributed by atoms with E-state index in [4.69, 9.17) is 4.74 Å². The largest absolute Gasteiger partial charge is 0.491 e. The molecule has 0 spiro atoms. The Hall–Kier alpha value is -3.19. The number of benzene rings is 2. The fraction of sp³-hybridized carbons (Fsp3) is 0.379. The van der Waals surface area contributed by atoms with E-state index in [0.29, 0.717) is 13.2 Å². The first-order valence-electron chi connectivity index (χ1n) is 12.2. The normalized spacial score (nSPS) is 15.4. The summed E-state index contributed by atoms with van der Waals surface area (Å²) in [6.45, 7) is 10.5. The van der Waals surface area contributed by atoms with E-state index in [1.165, 1.54) is 33.5 Å². The van der Waals surface area contributed by atoms with Crippen molar-refractivity contribution in [1.82, 2.24) is 9.80 Å². The zero-order valence-corrected chi connectivity index (χ0v) is 22.3. The minimum absolute atomic E-state index is 0.0988. The highest BCUT2D eigenvalue weighted by molar-refractivity contribution is 7.10. The van der Waals surface area contributed by atoms with Gasteiger partial charge in [-0.05, 0) is 87.9 Å². The molecule has 1 unspecified atom stereocenters. The maximum Gasteiger partial charge on any atom is 0.254 e. The van der Waals surface area contributed by atoms with Crippen LogP contribution in [-0.4, -0.2) is 46.8 Å². The molecule has 0 saturated heterocycles. The molecule has 0 radical (unpaired) electrons. The van der Waals surface area contributed by atoms with Crippen LogP contribution in [0.2, 0.25) is 0 Å². The van der Waals surface area contributed by atoms with Gasteiger partial charge in [-0.25, -0.2) is 4.39 Å². The molecule has 5 nitrogen and oxygen atoms in total. The van der Waals surface area contributed by atoms with E-state index in [1.807, 2.05) is 51.7 Å². The second-order valence-corrected chi connectivity index (χ2v) is 11.3. The summed E-state index contributed by atoms with van der Waals surface area (Å²) in [5.74, 6) is -0.203. The van der Waals surface area contributed by atoms with Gasteiger partial charge in [-0.1, -0.05) is 23.8 Å². The summed E-state index contributed by atoms with van der Waals surface area (Å²) >= 11 is 1.70. The number of carbonyl (C=O) groups is 2. The van der Waals surface area contributed by atoms with Gasteiger partial charge in [0.05, 0.1) is 6.04 Å². The Bertz CT molecular complexity index is 1260. The maximum atomic E-state index is 13.8. The first-order valence-corrected chi connectivity index (χ1v) is 13.1. The third-order valence-electron chi connectivity index (χ3n) is 6.56. The Morgan fingerprint density at radius 3 is 2.61 bits per heavy atom. The van der Waals surface area contributed by atoms with E-state index in [0.717, 1.165) is 23.3 Å². The predicted octanol–water partition coefficient (Wildman–Crippen LogP) is 5.95. The van der Waals surface area contributed by atoms with Crippen LogP contribution in [0.25, 0.3) is 0 Å². The van der Waals surface area contributed by atoms with Crippen molar-refractivity contribution in [3.05, 3.63) is 86.9 Å². The lowest BCUT2D eigenvalue weighted by molar-refractivity contribution is -0.136. The molecule has 2 amide bonds. The lowest BCUT2D eigenvalue weighted by Crippen LogP contribution is -2.53. The Kier molecular flexibility index (Phi) is 7.50. The van der Waals surface area contributed by atoms with Crippen LogP contribution in [0.4, 0.5) is 4.39 Å². The topological polar surface area (TPSA) is 49.9 Å². The van der Waals surface area contributed by atoms with Crippen molar-refractivity contribution in [2.75, 3.05) is 19.7 Å². The number of nitrogens with zero attached hydrogens (tertiary/aromatic N) is 2. The average molecular weight is 509 g/mol. The summed E-state index contributed by atoms with van der Waals surface area (Å²) < 4.78 is 20.0. The van der Waals surface area contributed by atoms with E-state index in [9.17, 15) is 14.0 Å². The van der Waals surface area contributed by atoms with Crippen LogP contribution in [0.5, 0.6) is 5.75 Å². The van der Waals surface area contributed by atoms with Crippen molar-refractivity contribution in [3.8, 4) is 5.75 Å². The molecule has 0 N–H and O–H groups in total.